The molecular weight excluding hydrogens is 438 g/mol. The number of hydrogen-bond acceptors (Lipinski definition) is 7. The predicted molar refractivity (Wildman–Crippen MR) is 118 cm³/mol. The first-order valence-corrected chi connectivity index (χ1v) is 10.8. The molecule has 0 aromatic carbocycles. The van der Waals surface area contributed by atoms with Crippen molar-refractivity contribution >= 4 is 46.2 Å². The van der Waals surface area contributed by atoms with E-state index in [9.17, 15) is 24.3 Å². The number of thiophene rings is 1. The number of aromatic nitrogens is 3. The maximum Gasteiger partial charge on any atom is 0.326 e. The Bertz CT molecular complexity index is 1200. The molecule has 0 aliphatic heterocycles. The van der Waals surface area contributed by atoms with Gasteiger partial charge in [0.15, 0.2) is 0 Å². The number of unbranched alkanes of at least 4 members (excludes halogenated alkanes) is 1. The Labute approximate surface area is 185 Å². The van der Waals surface area contributed by atoms with Crippen molar-refractivity contribution in [3.63, 3.8) is 0 Å². The molecule has 3 heterocycles. The fourth-order valence-corrected chi connectivity index (χ4v) is 4.19. The van der Waals surface area contributed by atoms with Gasteiger partial charge in [-0.1, -0.05) is 0 Å². The number of H-pyrrole nitrogens is 2. The molecule has 0 aliphatic rings. The lowest BCUT2D eigenvalue weighted by Crippen LogP contribution is -2.41. The van der Waals surface area contributed by atoms with Crippen LogP contribution in [-0.2, 0) is 22.4 Å². The Morgan fingerprint density at radius 1 is 1.19 bits per heavy atom. The van der Waals surface area contributed by atoms with Crippen LogP contribution in [0.4, 0.5) is 5.95 Å². The van der Waals surface area contributed by atoms with Crippen LogP contribution >= 0.6 is 11.3 Å². The maximum absolute atomic E-state index is 12.5. The minimum absolute atomic E-state index is 0.0484. The molecule has 0 spiro atoms. The zero-order valence-corrected chi connectivity index (χ0v) is 17.8. The van der Waals surface area contributed by atoms with Gasteiger partial charge in [0.2, 0.25) is 5.95 Å². The third kappa shape index (κ3) is 5.72. The third-order valence-electron chi connectivity index (χ3n) is 4.92. The lowest BCUT2D eigenvalue weighted by Gasteiger charge is -2.13. The first-order chi connectivity index (χ1) is 15.2. The monoisotopic (exact) mass is 461 g/mol. The van der Waals surface area contributed by atoms with Gasteiger partial charge in [0, 0.05) is 12.1 Å². The first-order valence-electron chi connectivity index (χ1n) is 9.94. The molecule has 1 atom stereocenters. The average Bonchev–Trinajstić information content (AvgIpc) is 3.34. The number of aryl methyl sites for hydroxylation is 2. The van der Waals surface area contributed by atoms with Crippen molar-refractivity contribution in [1.82, 2.24) is 20.3 Å². The lowest BCUT2D eigenvalue weighted by atomic mass is 10.1. The summed E-state index contributed by atoms with van der Waals surface area (Å²) in [6.07, 6.45) is 2.30. The first kappa shape index (κ1) is 23.0. The number of anilines is 1. The van der Waals surface area contributed by atoms with Crippen LogP contribution in [0.5, 0.6) is 0 Å². The number of carboxylic acid groups (broad SMARTS) is 2. The highest BCUT2D eigenvalue weighted by Gasteiger charge is 2.23. The van der Waals surface area contributed by atoms with E-state index >= 15 is 0 Å². The second-order valence-corrected chi connectivity index (χ2v) is 8.20. The smallest absolute Gasteiger partial charge is 0.326 e. The van der Waals surface area contributed by atoms with Crippen molar-refractivity contribution in [3.8, 4) is 0 Å². The summed E-state index contributed by atoms with van der Waals surface area (Å²) in [5.74, 6) is -2.87. The number of rotatable bonds is 11. The fraction of sp³-hybridized carbons (Fsp3) is 0.350. The highest BCUT2D eigenvalue weighted by molar-refractivity contribution is 7.12. The number of nitrogens with two attached hydrogens (primary N) is 1. The molecule has 0 saturated carbocycles. The van der Waals surface area contributed by atoms with Crippen LogP contribution in [0.2, 0.25) is 0 Å². The highest BCUT2D eigenvalue weighted by Crippen LogP contribution is 2.20. The van der Waals surface area contributed by atoms with Gasteiger partial charge in [0.25, 0.3) is 11.5 Å². The van der Waals surface area contributed by atoms with Gasteiger partial charge >= 0.3 is 11.9 Å². The van der Waals surface area contributed by atoms with Gasteiger partial charge < -0.3 is 26.2 Å². The summed E-state index contributed by atoms with van der Waals surface area (Å²) >= 11 is 1.21. The molecule has 0 saturated heterocycles. The number of nitrogens with one attached hydrogen (secondary N) is 3. The molecule has 3 aromatic heterocycles. The van der Waals surface area contributed by atoms with Crippen molar-refractivity contribution < 1.29 is 24.6 Å². The number of amides is 1. The summed E-state index contributed by atoms with van der Waals surface area (Å²) in [5.41, 5.74) is 7.35. The second kappa shape index (κ2) is 10.1. The SMILES string of the molecule is Nc1nc2[nH]c(CCCCc3ccsc3C(=O)N[C@@H](CCC(=O)O)C(=O)O)cc2c(=O)[nH]1. The second-order valence-electron chi connectivity index (χ2n) is 7.29. The summed E-state index contributed by atoms with van der Waals surface area (Å²) in [7, 11) is 0. The molecule has 0 unspecified atom stereocenters. The van der Waals surface area contributed by atoms with E-state index in [1.165, 1.54) is 11.3 Å². The van der Waals surface area contributed by atoms with Crippen LogP contribution in [0.15, 0.2) is 22.3 Å². The molecule has 1 amide bonds. The topological polar surface area (TPSA) is 191 Å². The van der Waals surface area contributed by atoms with Crippen molar-refractivity contribution in [2.45, 2.75) is 44.6 Å². The molecule has 170 valence electrons. The Balaban J connectivity index is 1.55. The Hall–Kier alpha value is -3.67. The van der Waals surface area contributed by atoms with Crippen LogP contribution in [-0.4, -0.2) is 49.1 Å². The maximum atomic E-state index is 12.5. The summed E-state index contributed by atoms with van der Waals surface area (Å²) < 4.78 is 0. The molecular formula is C20H23N5O6S. The van der Waals surface area contributed by atoms with Gasteiger partial charge in [0.1, 0.15) is 11.7 Å². The van der Waals surface area contributed by atoms with Crippen molar-refractivity contribution in [2.75, 3.05) is 5.73 Å². The number of hydrogen-bond donors (Lipinski definition) is 6. The zero-order valence-electron chi connectivity index (χ0n) is 17.0. The minimum Gasteiger partial charge on any atom is -0.481 e. The van der Waals surface area contributed by atoms with Crippen molar-refractivity contribution in [1.29, 1.82) is 0 Å². The zero-order chi connectivity index (χ0) is 23.3. The predicted octanol–water partition coefficient (Wildman–Crippen LogP) is 1.51. The molecule has 32 heavy (non-hydrogen) atoms. The van der Waals surface area contributed by atoms with Gasteiger partial charge in [0.05, 0.1) is 10.3 Å². The summed E-state index contributed by atoms with van der Waals surface area (Å²) in [4.78, 5) is 56.5. The van der Waals surface area contributed by atoms with Crippen molar-refractivity contribution in [3.05, 3.63) is 44.0 Å². The lowest BCUT2D eigenvalue weighted by molar-refractivity contribution is -0.140. The van der Waals surface area contributed by atoms with Crippen LogP contribution in [0.3, 0.4) is 0 Å². The van der Waals surface area contributed by atoms with Crippen LogP contribution in [0.25, 0.3) is 11.0 Å². The molecule has 0 fully saturated rings. The van der Waals surface area contributed by atoms with Gasteiger partial charge in [-0.3, -0.25) is 19.4 Å². The van der Waals surface area contributed by atoms with Gasteiger partial charge in [-0.2, -0.15) is 4.98 Å². The number of fused-ring (bicyclic) bond motifs is 1. The average molecular weight is 462 g/mol. The standard InChI is InChI=1S/C20H23N5O6S/c21-20-24-16-12(17(28)25-20)9-11(22-16)4-2-1-3-10-7-8-32-15(10)18(29)23-13(19(30)31)5-6-14(26)27/h7-9,13H,1-6H2,(H,23,29)(H,26,27)(H,30,31)(H4,21,22,24,25,28)/t13-/m0/s1. The molecule has 0 aliphatic carbocycles. The summed E-state index contributed by atoms with van der Waals surface area (Å²) in [6, 6.07) is 2.30. The number of carbonyl (C=O) groups excluding carboxylic acids is 1. The van der Waals surface area contributed by atoms with Gasteiger partial charge in [-0.15, -0.1) is 11.3 Å². The van der Waals surface area contributed by atoms with E-state index in [0.29, 0.717) is 28.8 Å². The number of carbonyl (C=O) groups is 3. The van der Waals surface area contributed by atoms with Crippen LogP contribution in [0.1, 0.15) is 46.6 Å². The number of nitrogens with zero attached hydrogens (tertiary/aromatic N) is 1. The molecule has 3 rings (SSSR count). The number of aromatic amines is 2. The van der Waals surface area contributed by atoms with E-state index in [1.54, 1.807) is 11.4 Å². The van der Waals surface area contributed by atoms with E-state index in [-0.39, 0.29) is 24.3 Å². The Kier molecular flexibility index (Phi) is 7.25. The normalized spacial score (nSPS) is 12.0. The van der Waals surface area contributed by atoms with Crippen LogP contribution in [0, 0.1) is 0 Å². The molecule has 3 aromatic rings. The van der Waals surface area contributed by atoms with Crippen molar-refractivity contribution in [2.24, 2.45) is 0 Å². The van der Waals surface area contributed by atoms with E-state index in [1.807, 2.05) is 6.07 Å². The highest BCUT2D eigenvalue weighted by atomic mass is 32.1. The quantitative estimate of drug-likeness (QED) is 0.231. The largest absolute Gasteiger partial charge is 0.481 e. The number of nitrogen functional groups attached to an aromatic ring is 1. The van der Waals surface area contributed by atoms with Gasteiger partial charge in [-0.25, -0.2) is 4.79 Å². The summed E-state index contributed by atoms with van der Waals surface area (Å²) in [5, 5.41) is 22.6. The summed E-state index contributed by atoms with van der Waals surface area (Å²) in [6.45, 7) is 0. The molecule has 11 nitrogen and oxygen atoms in total. The van der Waals surface area contributed by atoms with Crippen LogP contribution < -0.4 is 16.6 Å². The van der Waals surface area contributed by atoms with E-state index in [2.05, 4.69) is 20.3 Å². The Morgan fingerprint density at radius 2 is 1.94 bits per heavy atom. The third-order valence-corrected chi connectivity index (χ3v) is 5.87. The fourth-order valence-electron chi connectivity index (χ4n) is 3.34. The number of aliphatic carboxylic acids is 2. The van der Waals surface area contributed by atoms with Gasteiger partial charge in [-0.05, 0) is 55.2 Å². The van der Waals surface area contributed by atoms with E-state index in [0.717, 1.165) is 24.1 Å². The Morgan fingerprint density at radius 3 is 2.66 bits per heavy atom. The molecule has 0 radical (unpaired) electrons. The molecule has 0 bridgehead atoms. The van der Waals surface area contributed by atoms with E-state index < -0.39 is 23.9 Å². The number of carboxylic acids is 2. The van der Waals surface area contributed by atoms with E-state index in [4.69, 9.17) is 10.8 Å². The minimum atomic E-state index is -1.27. The molecule has 7 N–H and O–H groups in total. The molecule has 12 heteroatoms.